The zero-order valence-corrected chi connectivity index (χ0v) is 23.4. The Kier molecular flexibility index (Phi) is 10.6. The van der Waals surface area contributed by atoms with Gasteiger partial charge in [-0.15, -0.1) is 0 Å². The highest BCUT2D eigenvalue weighted by Gasteiger charge is 2.38. The molecule has 0 bridgehead atoms. The molecule has 41 heavy (non-hydrogen) atoms. The highest BCUT2D eigenvalue weighted by molar-refractivity contribution is 7.92. The van der Waals surface area contributed by atoms with Gasteiger partial charge in [0.15, 0.2) is 0 Å². The molecule has 0 aromatic heterocycles. The molecule has 0 atom stereocenters. The predicted octanol–water partition coefficient (Wildman–Crippen LogP) is 4.42. The van der Waals surface area contributed by atoms with Crippen molar-refractivity contribution in [3.05, 3.63) is 88.4 Å². The summed E-state index contributed by atoms with van der Waals surface area (Å²) in [5, 5.41) is 13.8. The van der Waals surface area contributed by atoms with Gasteiger partial charge in [0.25, 0.3) is 15.9 Å². The van der Waals surface area contributed by atoms with E-state index in [9.17, 15) is 26.4 Å². The molecule has 0 radical (unpaired) electrons. The number of carboxylic acid groups (broad SMARTS) is 1. The molecule has 1 aliphatic rings. The van der Waals surface area contributed by atoms with E-state index in [-0.39, 0.29) is 10.8 Å². The number of alkyl halides is 3. The van der Waals surface area contributed by atoms with E-state index in [1.165, 1.54) is 12.1 Å². The average Bonchev–Trinajstić information content (AvgIpc) is 2.94. The third-order valence-electron chi connectivity index (χ3n) is 5.94. The van der Waals surface area contributed by atoms with Crippen LogP contribution in [0.4, 0.5) is 24.5 Å². The van der Waals surface area contributed by atoms with E-state index in [0.717, 1.165) is 43.0 Å². The Balaban J connectivity index is 0.000000587. The van der Waals surface area contributed by atoms with Crippen LogP contribution in [0, 0.1) is 6.92 Å². The molecule has 0 aliphatic carbocycles. The largest absolute Gasteiger partial charge is 0.490 e. The molecule has 14 heteroatoms. The van der Waals surface area contributed by atoms with E-state index in [0.29, 0.717) is 22.8 Å². The predicted molar refractivity (Wildman–Crippen MR) is 150 cm³/mol. The van der Waals surface area contributed by atoms with Crippen LogP contribution in [0.15, 0.2) is 71.6 Å². The topological polar surface area (TPSA) is 128 Å². The number of rotatable bonds is 7. The number of carbonyl (C=O) groups is 2. The molecular formula is C27H28ClF3N4O5S. The number of aliphatic carboxylic acids is 1. The molecule has 1 fully saturated rings. The Labute approximate surface area is 240 Å². The average molecular weight is 613 g/mol. The minimum atomic E-state index is -5.08. The number of piperazine rings is 1. The smallest absolute Gasteiger partial charge is 0.475 e. The van der Waals surface area contributed by atoms with Crippen LogP contribution in [0.5, 0.6) is 0 Å². The van der Waals surface area contributed by atoms with Gasteiger partial charge in [0.1, 0.15) is 0 Å². The maximum Gasteiger partial charge on any atom is 0.490 e. The Morgan fingerprint density at radius 3 is 2.24 bits per heavy atom. The Morgan fingerprint density at radius 2 is 1.66 bits per heavy atom. The van der Waals surface area contributed by atoms with Gasteiger partial charge in [0, 0.05) is 49.1 Å². The minimum Gasteiger partial charge on any atom is -0.475 e. The van der Waals surface area contributed by atoms with Crippen molar-refractivity contribution in [1.82, 2.24) is 10.6 Å². The van der Waals surface area contributed by atoms with E-state index in [1.807, 2.05) is 30.3 Å². The van der Waals surface area contributed by atoms with Crippen molar-refractivity contribution >= 4 is 44.9 Å². The summed E-state index contributed by atoms with van der Waals surface area (Å²) in [6, 6.07) is 19.3. The van der Waals surface area contributed by atoms with E-state index in [1.54, 1.807) is 31.2 Å². The molecule has 3 aromatic rings. The fourth-order valence-electron chi connectivity index (χ4n) is 3.79. The lowest BCUT2D eigenvalue weighted by Crippen LogP contribution is -2.44. The minimum absolute atomic E-state index is 0.0596. The zero-order valence-electron chi connectivity index (χ0n) is 21.8. The standard InChI is InChI=1S/C25H27ClN4O3S.C2HF3O2/c1-18-7-9-21(16-23(18)26)34(32,33)29-20-8-10-24(30-13-11-27-12-14-30)22(15-20)25(31)28-17-19-5-3-2-4-6-19;3-2(4,5)1(6)7/h2-10,15-16,27,29H,11-14,17H2,1H3,(H,28,31);(H,6,7). The number of halogens is 4. The summed E-state index contributed by atoms with van der Waals surface area (Å²) in [4.78, 5) is 24.3. The van der Waals surface area contributed by atoms with Gasteiger partial charge in [0.2, 0.25) is 0 Å². The quantitative estimate of drug-likeness (QED) is 0.311. The summed E-state index contributed by atoms with van der Waals surface area (Å²) >= 11 is 6.13. The van der Waals surface area contributed by atoms with Crippen molar-refractivity contribution in [3.63, 3.8) is 0 Å². The highest BCUT2D eigenvalue weighted by Crippen LogP contribution is 2.28. The van der Waals surface area contributed by atoms with Gasteiger partial charge in [-0.3, -0.25) is 9.52 Å². The Bertz CT molecular complexity index is 1480. The van der Waals surface area contributed by atoms with Crippen LogP contribution in [0.25, 0.3) is 0 Å². The number of sulfonamides is 1. The molecule has 1 aliphatic heterocycles. The molecule has 3 aromatic carbocycles. The van der Waals surface area contributed by atoms with Crippen molar-refractivity contribution < 1.29 is 36.3 Å². The van der Waals surface area contributed by atoms with Gasteiger partial charge >= 0.3 is 12.1 Å². The van der Waals surface area contributed by atoms with E-state index in [4.69, 9.17) is 21.5 Å². The number of carboxylic acids is 1. The number of benzene rings is 3. The zero-order chi connectivity index (χ0) is 30.2. The van der Waals surface area contributed by atoms with Gasteiger partial charge in [-0.2, -0.15) is 13.2 Å². The summed E-state index contributed by atoms with van der Waals surface area (Å²) < 4.78 is 60.2. The van der Waals surface area contributed by atoms with Gasteiger partial charge in [-0.25, -0.2) is 13.2 Å². The number of nitrogens with zero attached hydrogens (tertiary/aromatic N) is 1. The van der Waals surface area contributed by atoms with Crippen LogP contribution < -0.4 is 20.3 Å². The molecule has 0 saturated carbocycles. The summed E-state index contributed by atoms with van der Waals surface area (Å²) in [7, 11) is -3.88. The number of amides is 1. The van der Waals surface area contributed by atoms with Crippen molar-refractivity contribution in [1.29, 1.82) is 0 Å². The molecule has 0 unspecified atom stereocenters. The molecule has 4 N–H and O–H groups in total. The van der Waals surface area contributed by atoms with Gasteiger partial charge < -0.3 is 20.6 Å². The number of aryl methyl sites for hydroxylation is 1. The Hall–Kier alpha value is -3.81. The first-order valence-corrected chi connectivity index (χ1v) is 14.1. The first kappa shape index (κ1) is 31.7. The van der Waals surface area contributed by atoms with Crippen LogP contribution in [-0.2, 0) is 21.4 Å². The second-order valence-electron chi connectivity index (χ2n) is 8.96. The number of anilines is 2. The normalized spacial score (nSPS) is 13.5. The fourth-order valence-corrected chi connectivity index (χ4v) is 5.11. The number of hydrogen-bond donors (Lipinski definition) is 4. The monoisotopic (exact) mass is 612 g/mol. The summed E-state index contributed by atoms with van der Waals surface area (Å²) in [5.74, 6) is -3.02. The van der Waals surface area contributed by atoms with E-state index < -0.39 is 22.2 Å². The second kappa shape index (κ2) is 13.7. The fraction of sp³-hybridized carbons (Fsp3) is 0.259. The second-order valence-corrected chi connectivity index (χ2v) is 11.0. The van der Waals surface area contributed by atoms with E-state index in [2.05, 4.69) is 20.3 Å². The van der Waals surface area contributed by atoms with Gasteiger partial charge in [-0.1, -0.05) is 48.0 Å². The summed E-state index contributed by atoms with van der Waals surface area (Å²) in [6.45, 7) is 5.32. The molecule has 9 nitrogen and oxygen atoms in total. The third-order valence-corrected chi connectivity index (χ3v) is 7.73. The lowest BCUT2D eigenvalue weighted by atomic mass is 10.1. The lowest BCUT2D eigenvalue weighted by molar-refractivity contribution is -0.192. The highest BCUT2D eigenvalue weighted by atomic mass is 35.5. The Morgan fingerprint density at radius 1 is 1.02 bits per heavy atom. The molecule has 1 saturated heterocycles. The molecule has 0 spiro atoms. The van der Waals surface area contributed by atoms with Crippen LogP contribution >= 0.6 is 11.6 Å². The van der Waals surface area contributed by atoms with Crippen molar-refractivity contribution in [2.75, 3.05) is 35.8 Å². The number of nitrogens with one attached hydrogen (secondary N) is 3. The molecular weight excluding hydrogens is 585 g/mol. The molecule has 1 amide bonds. The number of hydrogen-bond acceptors (Lipinski definition) is 6. The van der Waals surface area contributed by atoms with E-state index >= 15 is 0 Å². The van der Waals surface area contributed by atoms with Crippen LogP contribution in [-0.4, -0.2) is 57.8 Å². The van der Waals surface area contributed by atoms with Crippen molar-refractivity contribution in [2.24, 2.45) is 0 Å². The van der Waals surface area contributed by atoms with Crippen molar-refractivity contribution in [3.8, 4) is 0 Å². The van der Waals surface area contributed by atoms with Gasteiger partial charge in [0.05, 0.1) is 10.5 Å². The first-order valence-electron chi connectivity index (χ1n) is 12.3. The summed E-state index contributed by atoms with van der Waals surface area (Å²) in [5.41, 5.74) is 3.26. The maximum absolute atomic E-state index is 13.2. The molecule has 220 valence electrons. The van der Waals surface area contributed by atoms with Gasteiger partial charge in [-0.05, 0) is 48.4 Å². The maximum atomic E-state index is 13.2. The SMILES string of the molecule is Cc1ccc(S(=O)(=O)Nc2ccc(N3CCNCC3)c(C(=O)NCc3ccccc3)c2)cc1Cl.O=C(O)C(F)(F)F. The third kappa shape index (κ3) is 9.10. The molecule has 1 heterocycles. The lowest BCUT2D eigenvalue weighted by Gasteiger charge is -2.31. The summed E-state index contributed by atoms with van der Waals surface area (Å²) in [6.07, 6.45) is -5.08. The molecule has 4 rings (SSSR count). The van der Waals surface area contributed by atoms with Crippen LogP contribution in [0.1, 0.15) is 21.5 Å². The van der Waals surface area contributed by atoms with Crippen molar-refractivity contribution in [2.45, 2.75) is 24.5 Å². The van der Waals surface area contributed by atoms with Crippen LogP contribution in [0.3, 0.4) is 0 Å². The number of carbonyl (C=O) groups excluding carboxylic acids is 1. The first-order chi connectivity index (χ1) is 19.3. The van der Waals surface area contributed by atoms with Crippen LogP contribution in [0.2, 0.25) is 5.02 Å².